The number of Topliss-reactive ketones (excluding diaryl/α,β-unsaturated/α-hetero) is 1. The molecule has 0 N–H and O–H groups in total. The average Bonchev–Trinajstić information content (AvgIpc) is 2.73. The van der Waals surface area contributed by atoms with Crippen molar-refractivity contribution in [2.75, 3.05) is 13.1 Å². The van der Waals surface area contributed by atoms with Crippen molar-refractivity contribution in [3.8, 4) is 0 Å². The number of carbonyl (C=O) groups is 2. The number of likely N-dealkylation sites (tertiary alicyclic amines) is 1. The van der Waals surface area contributed by atoms with Gasteiger partial charge in [-0.1, -0.05) is 29.8 Å². The summed E-state index contributed by atoms with van der Waals surface area (Å²) in [6.45, 7) is 2.88. The predicted octanol–water partition coefficient (Wildman–Crippen LogP) is 4.33. The second-order valence-corrected chi connectivity index (χ2v) is 7.52. The topological polar surface area (TPSA) is 63.2 Å². The lowest BCUT2D eigenvalue weighted by Crippen LogP contribution is -2.42. The van der Waals surface area contributed by atoms with E-state index in [-0.39, 0.29) is 17.6 Å². The summed E-state index contributed by atoms with van der Waals surface area (Å²) in [4.78, 5) is 36.5. The molecule has 0 radical (unpaired) electrons. The van der Waals surface area contributed by atoms with Crippen LogP contribution in [0.15, 0.2) is 48.7 Å². The first-order valence-corrected chi connectivity index (χ1v) is 9.73. The van der Waals surface area contributed by atoms with Gasteiger partial charge in [0.1, 0.15) is 5.69 Å². The molecule has 1 aromatic carbocycles. The number of para-hydroxylation sites is 1. The Morgan fingerprint density at radius 3 is 2.82 bits per heavy atom. The van der Waals surface area contributed by atoms with Crippen molar-refractivity contribution in [3.63, 3.8) is 0 Å². The maximum Gasteiger partial charge on any atom is 0.254 e. The van der Waals surface area contributed by atoms with Gasteiger partial charge in [0.15, 0.2) is 5.78 Å². The molecule has 3 aromatic rings. The van der Waals surface area contributed by atoms with E-state index in [0.717, 1.165) is 23.9 Å². The number of benzene rings is 1. The van der Waals surface area contributed by atoms with Crippen molar-refractivity contribution in [2.24, 2.45) is 5.92 Å². The Morgan fingerprint density at radius 1 is 1.18 bits per heavy atom. The van der Waals surface area contributed by atoms with E-state index in [1.165, 1.54) is 0 Å². The highest BCUT2D eigenvalue weighted by molar-refractivity contribution is 6.35. The van der Waals surface area contributed by atoms with Gasteiger partial charge in [-0.25, -0.2) is 0 Å². The molecular formula is C22H20ClN3O2. The average molecular weight is 394 g/mol. The zero-order chi connectivity index (χ0) is 19.7. The third-order valence-electron chi connectivity index (χ3n) is 5.15. The van der Waals surface area contributed by atoms with Gasteiger partial charge >= 0.3 is 0 Å². The van der Waals surface area contributed by atoms with E-state index in [2.05, 4.69) is 9.97 Å². The van der Waals surface area contributed by atoms with E-state index in [1.54, 1.807) is 35.4 Å². The molecule has 3 heterocycles. The van der Waals surface area contributed by atoms with Gasteiger partial charge in [0.25, 0.3) is 5.91 Å². The number of aromatic nitrogens is 2. The number of hydrogen-bond acceptors (Lipinski definition) is 4. The summed E-state index contributed by atoms with van der Waals surface area (Å²) in [6.07, 6.45) is 3.17. The summed E-state index contributed by atoms with van der Waals surface area (Å²) in [6, 6.07) is 12.6. The van der Waals surface area contributed by atoms with Crippen molar-refractivity contribution in [1.29, 1.82) is 0 Å². The zero-order valence-electron chi connectivity index (χ0n) is 15.6. The minimum absolute atomic E-state index is 0.00286. The second-order valence-electron chi connectivity index (χ2n) is 7.12. The molecule has 0 saturated carbocycles. The summed E-state index contributed by atoms with van der Waals surface area (Å²) in [7, 11) is 0. The molecule has 0 spiro atoms. The lowest BCUT2D eigenvalue weighted by molar-refractivity contribution is 0.0637. The SMILES string of the molecule is Cc1cc(C(=O)N2CCCC(C(=O)c3ccccn3)C2)c2cccc(Cl)c2n1. The van der Waals surface area contributed by atoms with E-state index in [1.807, 2.05) is 25.1 Å². The van der Waals surface area contributed by atoms with Crippen LogP contribution in [0.1, 0.15) is 39.4 Å². The first-order valence-electron chi connectivity index (χ1n) is 9.35. The van der Waals surface area contributed by atoms with Crippen LogP contribution < -0.4 is 0 Å². The van der Waals surface area contributed by atoms with Crippen molar-refractivity contribution in [2.45, 2.75) is 19.8 Å². The quantitative estimate of drug-likeness (QED) is 0.621. The van der Waals surface area contributed by atoms with Gasteiger partial charge in [0, 0.05) is 36.3 Å². The smallest absolute Gasteiger partial charge is 0.254 e. The van der Waals surface area contributed by atoms with Crippen LogP contribution in [0.2, 0.25) is 5.02 Å². The van der Waals surface area contributed by atoms with Crippen molar-refractivity contribution < 1.29 is 9.59 Å². The van der Waals surface area contributed by atoms with E-state index < -0.39 is 0 Å². The fraction of sp³-hybridized carbons (Fsp3) is 0.273. The fourth-order valence-electron chi connectivity index (χ4n) is 3.78. The summed E-state index contributed by atoms with van der Waals surface area (Å²) >= 11 is 6.29. The maximum absolute atomic E-state index is 13.3. The van der Waals surface area contributed by atoms with Crippen LogP contribution in [-0.4, -0.2) is 39.6 Å². The molecule has 1 amide bonds. The maximum atomic E-state index is 13.3. The third kappa shape index (κ3) is 3.50. The molecule has 1 saturated heterocycles. The van der Waals surface area contributed by atoms with Gasteiger partial charge < -0.3 is 4.90 Å². The van der Waals surface area contributed by atoms with E-state index in [9.17, 15) is 9.59 Å². The standard InChI is InChI=1S/C22H20ClN3O2/c1-14-12-17(16-7-4-8-18(23)20(16)25-14)22(28)26-11-5-6-15(13-26)21(27)19-9-2-3-10-24-19/h2-4,7-10,12,15H,5-6,11,13H2,1H3. The molecule has 28 heavy (non-hydrogen) atoms. The van der Waals surface area contributed by atoms with Crippen LogP contribution in [0.5, 0.6) is 0 Å². The number of hydrogen-bond donors (Lipinski definition) is 0. The van der Waals surface area contributed by atoms with Crippen LogP contribution in [0.25, 0.3) is 10.9 Å². The Hall–Kier alpha value is -2.79. The first kappa shape index (κ1) is 18.6. The zero-order valence-corrected chi connectivity index (χ0v) is 16.3. The predicted molar refractivity (Wildman–Crippen MR) is 109 cm³/mol. The van der Waals surface area contributed by atoms with Gasteiger partial charge in [-0.15, -0.1) is 0 Å². The van der Waals surface area contributed by atoms with Gasteiger partial charge in [-0.05, 0) is 44.0 Å². The molecule has 0 bridgehead atoms. The lowest BCUT2D eigenvalue weighted by atomic mass is 9.91. The highest BCUT2D eigenvalue weighted by Crippen LogP contribution is 2.28. The normalized spacial score (nSPS) is 16.9. The number of ketones is 1. The number of pyridine rings is 2. The number of rotatable bonds is 3. The van der Waals surface area contributed by atoms with E-state index in [0.29, 0.717) is 34.9 Å². The third-order valence-corrected chi connectivity index (χ3v) is 5.45. The van der Waals surface area contributed by atoms with Crippen LogP contribution in [0.3, 0.4) is 0 Å². The van der Waals surface area contributed by atoms with Gasteiger partial charge in [-0.2, -0.15) is 0 Å². The van der Waals surface area contributed by atoms with E-state index >= 15 is 0 Å². The summed E-state index contributed by atoms with van der Waals surface area (Å²) in [5, 5.41) is 1.26. The summed E-state index contributed by atoms with van der Waals surface area (Å²) in [5.74, 6) is -0.321. The molecule has 2 aromatic heterocycles. The molecule has 1 unspecified atom stereocenters. The molecule has 1 atom stereocenters. The Bertz CT molecular complexity index is 1050. The van der Waals surface area contributed by atoms with Crippen LogP contribution in [0.4, 0.5) is 0 Å². The number of amides is 1. The van der Waals surface area contributed by atoms with Crippen LogP contribution in [-0.2, 0) is 0 Å². The first-order chi connectivity index (χ1) is 13.5. The largest absolute Gasteiger partial charge is 0.338 e. The van der Waals surface area contributed by atoms with Gasteiger partial charge in [-0.3, -0.25) is 19.6 Å². The van der Waals surface area contributed by atoms with Crippen molar-refractivity contribution in [1.82, 2.24) is 14.9 Å². The Labute approximate surface area is 168 Å². The Morgan fingerprint density at radius 2 is 2.04 bits per heavy atom. The summed E-state index contributed by atoms with van der Waals surface area (Å²) in [5.41, 5.74) is 2.41. The second kappa shape index (κ2) is 7.68. The number of halogens is 1. The number of fused-ring (bicyclic) bond motifs is 1. The minimum Gasteiger partial charge on any atom is -0.338 e. The molecule has 1 aliphatic rings. The Balaban J connectivity index is 1.63. The molecule has 4 rings (SSSR count). The molecule has 0 aliphatic carbocycles. The molecule has 1 aliphatic heterocycles. The monoisotopic (exact) mass is 393 g/mol. The van der Waals surface area contributed by atoms with Crippen molar-refractivity contribution in [3.05, 3.63) is 70.6 Å². The highest BCUT2D eigenvalue weighted by Gasteiger charge is 2.30. The number of nitrogens with zero attached hydrogens (tertiary/aromatic N) is 3. The molecule has 5 nitrogen and oxygen atoms in total. The van der Waals surface area contributed by atoms with Gasteiger partial charge in [0.05, 0.1) is 16.1 Å². The molecule has 6 heteroatoms. The number of aryl methyl sites for hydroxylation is 1. The molecule has 1 fully saturated rings. The molecule has 142 valence electrons. The Kier molecular flexibility index (Phi) is 5.09. The number of piperidine rings is 1. The highest BCUT2D eigenvalue weighted by atomic mass is 35.5. The summed E-state index contributed by atoms with van der Waals surface area (Å²) < 4.78 is 0. The minimum atomic E-state index is -0.231. The number of carbonyl (C=O) groups excluding carboxylic acids is 2. The van der Waals surface area contributed by atoms with Crippen LogP contribution in [0, 0.1) is 12.8 Å². The van der Waals surface area contributed by atoms with Crippen LogP contribution >= 0.6 is 11.6 Å². The fourth-order valence-corrected chi connectivity index (χ4v) is 4.00. The lowest BCUT2D eigenvalue weighted by Gasteiger charge is -2.32. The van der Waals surface area contributed by atoms with E-state index in [4.69, 9.17) is 11.6 Å². The van der Waals surface area contributed by atoms with Crippen molar-refractivity contribution >= 4 is 34.2 Å². The van der Waals surface area contributed by atoms with Gasteiger partial charge in [0.2, 0.25) is 0 Å². The molecular weight excluding hydrogens is 374 g/mol.